The molecule has 0 bridgehead atoms. The molecule has 0 radical (unpaired) electrons. The monoisotopic (exact) mass is 330 g/mol. The summed E-state index contributed by atoms with van der Waals surface area (Å²) in [7, 11) is -0.592. The molecule has 0 aliphatic rings. The Hall–Kier alpha value is -1.70. The second kappa shape index (κ2) is 6.38. The largest absolute Gasteiger partial charge is 0.495 e. The number of ether oxygens (including phenoxy) is 1. The molecule has 1 aromatic heterocycles. The fourth-order valence-electron chi connectivity index (χ4n) is 1.70. The summed E-state index contributed by atoms with van der Waals surface area (Å²) < 4.78 is 37.1. The number of hydrogen-bond donors (Lipinski definition) is 2. The minimum Gasteiger partial charge on any atom is -0.495 e. The van der Waals surface area contributed by atoms with Crippen molar-refractivity contribution in [2.75, 3.05) is 18.9 Å². The smallest absolute Gasteiger partial charge is 0.295 e. The van der Waals surface area contributed by atoms with E-state index in [0.29, 0.717) is 28.8 Å². The van der Waals surface area contributed by atoms with Gasteiger partial charge in [-0.25, -0.2) is 0 Å². The molecule has 21 heavy (non-hydrogen) atoms. The molecular weight excluding hydrogens is 316 g/mol. The number of sulfonamides is 1. The van der Waals surface area contributed by atoms with Gasteiger partial charge in [0.05, 0.1) is 24.4 Å². The highest BCUT2D eigenvalue weighted by atomic mass is 35.5. The van der Waals surface area contributed by atoms with E-state index in [2.05, 4.69) is 10.0 Å². The van der Waals surface area contributed by atoms with Gasteiger partial charge < -0.3 is 14.5 Å². The summed E-state index contributed by atoms with van der Waals surface area (Å²) >= 11 is 5.89. The first-order valence-electron chi connectivity index (χ1n) is 6.06. The molecule has 8 heteroatoms. The molecule has 0 spiro atoms. The average molecular weight is 331 g/mol. The van der Waals surface area contributed by atoms with E-state index in [4.69, 9.17) is 20.8 Å². The molecular formula is C13H15ClN2O4S. The Morgan fingerprint density at radius 2 is 2.05 bits per heavy atom. The summed E-state index contributed by atoms with van der Waals surface area (Å²) in [5.41, 5.74) is 0.336. The summed E-state index contributed by atoms with van der Waals surface area (Å²) in [5.74, 6) is 0.916. The zero-order valence-electron chi connectivity index (χ0n) is 11.5. The number of nitrogens with one attached hydrogen (secondary N) is 2. The Balaban J connectivity index is 2.24. The minimum absolute atomic E-state index is 0.151. The SMILES string of the molecule is CNCc1ccc(S(=O)(=O)Nc2ccc(Cl)c(OC)c2)o1. The molecule has 2 N–H and O–H groups in total. The molecule has 0 saturated carbocycles. The molecule has 0 unspecified atom stereocenters. The molecule has 1 heterocycles. The standard InChI is InChI=1S/C13H15ClN2O4S/c1-15-8-10-4-6-13(20-10)21(17,18)16-9-3-5-11(14)12(7-9)19-2/h3-7,15-16H,8H2,1-2H3. The number of methoxy groups -OCH3 is 1. The van der Waals surface area contributed by atoms with Crippen LogP contribution in [0.15, 0.2) is 39.8 Å². The Labute approximate surface area is 128 Å². The van der Waals surface area contributed by atoms with E-state index >= 15 is 0 Å². The van der Waals surface area contributed by atoms with E-state index in [1.54, 1.807) is 25.2 Å². The van der Waals surface area contributed by atoms with Crippen LogP contribution in [0.2, 0.25) is 5.02 Å². The molecule has 0 aliphatic carbocycles. The molecule has 0 fully saturated rings. The van der Waals surface area contributed by atoms with Gasteiger partial charge in [0.25, 0.3) is 10.0 Å². The molecule has 6 nitrogen and oxygen atoms in total. The van der Waals surface area contributed by atoms with Crippen LogP contribution in [0.25, 0.3) is 0 Å². The van der Waals surface area contributed by atoms with Gasteiger partial charge in [-0.1, -0.05) is 11.6 Å². The zero-order valence-corrected chi connectivity index (χ0v) is 13.1. The fraction of sp³-hybridized carbons (Fsp3) is 0.231. The van der Waals surface area contributed by atoms with Gasteiger partial charge in [0.1, 0.15) is 11.5 Å². The quantitative estimate of drug-likeness (QED) is 0.850. The maximum absolute atomic E-state index is 12.2. The van der Waals surface area contributed by atoms with Crippen LogP contribution in [-0.2, 0) is 16.6 Å². The highest BCUT2D eigenvalue weighted by Gasteiger charge is 2.19. The topological polar surface area (TPSA) is 80.6 Å². The number of benzene rings is 1. The van der Waals surface area contributed by atoms with Gasteiger partial charge in [-0.3, -0.25) is 4.72 Å². The normalized spacial score (nSPS) is 11.4. The van der Waals surface area contributed by atoms with Crippen molar-refractivity contribution in [3.8, 4) is 5.75 Å². The average Bonchev–Trinajstić information content (AvgIpc) is 2.91. The van der Waals surface area contributed by atoms with Gasteiger partial charge in [-0.05, 0) is 31.3 Å². The zero-order chi connectivity index (χ0) is 15.5. The van der Waals surface area contributed by atoms with E-state index in [0.717, 1.165) is 0 Å². The van der Waals surface area contributed by atoms with Crippen molar-refractivity contribution in [3.63, 3.8) is 0 Å². The molecule has 114 valence electrons. The van der Waals surface area contributed by atoms with Crippen LogP contribution in [-0.4, -0.2) is 22.6 Å². The van der Waals surface area contributed by atoms with Crippen molar-refractivity contribution >= 4 is 27.3 Å². The molecule has 0 saturated heterocycles. The van der Waals surface area contributed by atoms with E-state index in [9.17, 15) is 8.42 Å². The van der Waals surface area contributed by atoms with E-state index in [1.165, 1.54) is 19.2 Å². The molecule has 2 aromatic rings. The lowest BCUT2D eigenvalue weighted by Crippen LogP contribution is -2.12. The second-order valence-electron chi connectivity index (χ2n) is 4.21. The van der Waals surface area contributed by atoms with Crippen molar-refractivity contribution in [1.29, 1.82) is 0 Å². The Morgan fingerprint density at radius 3 is 2.71 bits per heavy atom. The lowest BCUT2D eigenvalue weighted by Gasteiger charge is -2.08. The first-order chi connectivity index (χ1) is 9.96. The van der Waals surface area contributed by atoms with Crippen LogP contribution in [0.3, 0.4) is 0 Å². The molecule has 0 atom stereocenters. The molecule has 0 amide bonds. The van der Waals surface area contributed by atoms with Crippen LogP contribution in [0, 0.1) is 0 Å². The molecule has 1 aromatic carbocycles. The van der Waals surface area contributed by atoms with Crippen molar-refractivity contribution in [2.24, 2.45) is 0 Å². The van der Waals surface area contributed by atoms with Gasteiger partial charge in [-0.2, -0.15) is 8.42 Å². The maximum atomic E-state index is 12.2. The van der Waals surface area contributed by atoms with Crippen molar-refractivity contribution in [3.05, 3.63) is 41.1 Å². The lowest BCUT2D eigenvalue weighted by atomic mass is 10.3. The van der Waals surface area contributed by atoms with Gasteiger partial charge in [0.2, 0.25) is 5.09 Å². The summed E-state index contributed by atoms with van der Waals surface area (Å²) in [6.07, 6.45) is 0. The van der Waals surface area contributed by atoms with Crippen LogP contribution < -0.4 is 14.8 Å². The number of rotatable bonds is 6. The lowest BCUT2D eigenvalue weighted by molar-refractivity contribution is 0.408. The van der Waals surface area contributed by atoms with Crippen molar-refractivity contribution in [2.45, 2.75) is 11.6 Å². The summed E-state index contributed by atoms with van der Waals surface area (Å²) in [4.78, 5) is 0. The first-order valence-corrected chi connectivity index (χ1v) is 7.92. The second-order valence-corrected chi connectivity index (χ2v) is 6.23. The van der Waals surface area contributed by atoms with Crippen molar-refractivity contribution in [1.82, 2.24) is 5.32 Å². The highest BCUT2D eigenvalue weighted by Crippen LogP contribution is 2.28. The summed E-state index contributed by atoms with van der Waals surface area (Å²) in [6.45, 7) is 0.449. The summed E-state index contributed by atoms with van der Waals surface area (Å²) in [5, 5.41) is 3.13. The van der Waals surface area contributed by atoms with Gasteiger partial charge in [0.15, 0.2) is 0 Å². The Bertz CT molecular complexity index is 728. The van der Waals surface area contributed by atoms with E-state index < -0.39 is 10.0 Å². The third-order valence-electron chi connectivity index (χ3n) is 2.66. The third-order valence-corrected chi connectivity index (χ3v) is 4.22. The van der Waals surface area contributed by atoms with Crippen LogP contribution in [0.5, 0.6) is 5.75 Å². The maximum Gasteiger partial charge on any atom is 0.295 e. The number of hydrogen-bond acceptors (Lipinski definition) is 5. The Morgan fingerprint density at radius 1 is 1.29 bits per heavy atom. The molecule has 2 rings (SSSR count). The van der Waals surface area contributed by atoms with Crippen LogP contribution in [0.4, 0.5) is 5.69 Å². The molecule has 0 aliphatic heterocycles. The van der Waals surface area contributed by atoms with E-state index in [-0.39, 0.29) is 5.09 Å². The summed E-state index contributed by atoms with van der Waals surface area (Å²) in [6, 6.07) is 7.60. The van der Waals surface area contributed by atoms with Crippen LogP contribution >= 0.6 is 11.6 Å². The van der Waals surface area contributed by atoms with Crippen LogP contribution in [0.1, 0.15) is 5.76 Å². The highest BCUT2D eigenvalue weighted by molar-refractivity contribution is 7.92. The van der Waals surface area contributed by atoms with Gasteiger partial charge >= 0.3 is 0 Å². The van der Waals surface area contributed by atoms with Gasteiger partial charge in [-0.15, -0.1) is 0 Å². The van der Waals surface area contributed by atoms with Gasteiger partial charge in [0, 0.05) is 6.07 Å². The number of furan rings is 1. The fourth-order valence-corrected chi connectivity index (χ4v) is 2.90. The minimum atomic E-state index is -3.79. The first kappa shape index (κ1) is 15.7. The number of halogens is 1. The van der Waals surface area contributed by atoms with E-state index in [1.807, 2.05) is 0 Å². The predicted molar refractivity (Wildman–Crippen MR) is 80.3 cm³/mol. The van der Waals surface area contributed by atoms with Crippen molar-refractivity contribution < 1.29 is 17.6 Å². The third kappa shape index (κ3) is 3.69. The predicted octanol–water partition coefficient (Wildman–Crippen LogP) is 2.46. The number of anilines is 1. The Kier molecular flexibility index (Phi) is 4.76.